The van der Waals surface area contributed by atoms with Gasteiger partial charge in [-0.2, -0.15) is 0 Å². The Hall–Kier alpha value is -1.58. The zero-order valence-electron chi connectivity index (χ0n) is 8.24. The number of nitrogens with zero attached hydrogens (tertiary/aromatic N) is 1. The zero-order valence-corrected chi connectivity index (χ0v) is 8.24. The second kappa shape index (κ2) is 3.29. The second-order valence-corrected chi connectivity index (χ2v) is 3.63. The predicted molar refractivity (Wildman–Crippen MR) is 55.1 cm³/mol. The van der Waals surface area contributed by atoms with E-state index in [9.17, 15) is 4.79 Å². The van der Waals surface area contributed by atoms with Crippen molar-refractivity contribution >= 4 is 17.3 Å². The van der Waals surface area contributed by atoms with Gasteiger partial charge in [0.2, 0.25) is 5.91 Å². The van der Waals surface area contributed by atoms with Crippen molar-refractivity contribution in [2.24, 2.45) is 5.92 Å². The molecule has 0 fully saturated rings. The zero-order chi connectivity index (χ0) is 10.1. The number of rotatable bonds is 0. The number of hydrogen-bond acceptors (Lipinski definition) is 3. The van der Waals surface area contributed by atoms with Crippen LogP contribution in [0.25, 0.3) is 0 Å². The van der Waals surface area contributed by atoms with Crippen molar-refractivity contribution in [2.75, 3.05) is 10.6 Å². The molecule has 0 saturated carbocycles. The summed E-state index contributed by atoms with van der Waals surface area (Å²) in [6, 6.07) is 2.00. The van der Waals surface area contributed by atoms with Crippen molar-refractivity contribution in [3.05, 3.63) is 18.5 Å². The topological polar surface area (TPSA) is 54.0 Å². The van der Waals surface area contributed by atoms with Crippen LogP contribution < -0.4 is 10.6 Å². The molecule has 1 aliphatic heterocycles. The second-order valence-electron chi connectivity index (χ2n) is 3.63. The Labute approximate surface area is 82.7 Å². The lowest BCUT2D eigenvalue weighted by atomic mass is 10.0. The van der Waals surface area contributed by atoms with E-state index in [1.54, 1.807) is 12.4 Å². The summed E-state index contributed by atoms with van der Waals surface area (Å²) < 4.78 is 0. The van der Waals surface area contributed by atoms with Crippen LogP contribution in [0.1, 0.15) is 13.8 Å². The molecule has 0 spiro atoms. The summed E-state index contributed by atoms with van der Waals surface area (Å²) in [7, 11) is 0. The number of nitrogens with one attached hydrogen (secondary N) is 2. The van der Waals surface area contributed by atoms with E-state index in [4.69, 9.17) is 0 Å². The van der Waals surface area contributed by atoms with Gasteiger partial charge >= 0.3 is 0 Å². The third-order valence-electron chi connectivity index (χ3n) is 2.63. The van der Waals surface area contributed by atoms with E-state index in [0.717, 1.165) is 11.4 Å². The van der Waals surface area contributed by atoms with E-state index >= 15 is 0 Å². The number of hydrogen-bond donors (Lipinski definition) is 2. The summed E-state index contributed by atoms with van der Waals surface area (Å²) in [5.74, 6) is -0.000787. The Morgan fingerprint density at radius 3 is 2.93 bits per heavy atom. The number of pyridine rings is 1. The van der Waals surface area contributed by atoms with Crippen molar-refractivity contribution in [1.29, 1.82) is 0 Å². The van der Waals surface area contributed by atoms with E-state index in [-0.39, 0.29) is 17.9 Å². The molecule has 4 heteroatoms. The molecular weight excluding hydrogens is 178 g/mol. The van der Waals surface area contributed by atoms with Crippen LogP contribution in [0.2, 0.25) is 0 Å². The molecule has 74 valence electrons. The molecule has 0 saturated heterocycles. The van der Waals surface area contributed by atoms with Gasteiger partial charge in [-0.05, 0) is 13.0 Å². The predicted octanol–water partition coefficient (Wildman–Crippen LogP) is 1.47. The van der Waals surface area contributed by atoms with Crippen LogP contribution in [-0.2, 0) is 4.79 Å². The van der Waals surface area contributed by atoms with Crippen LogP contribution in [0.15, 0.2) is 18.5 Å². The van der Waals surface area contributed by atoms with Gasteiger partial charge in [-0.3, -0.25) is 9.78 Å². The highest BCUT2D eigenvalue weighted by Crippen LogP contribution is 2.26. The Morgan fingerprint density at radius 1 is 1.36 bits per heavy atom. The third kappa shape index (κ3) is 1.43. The minimum absolute atomic E-state index is 0.0387. The first-order valence-corrected chi connectivity index (χ1v) is 4.70. The van der Waals surface area contributed by atoms with Gasteiger partial charge in [0.05, 0.1) is 23.5 Å². The highest BCUT2D eigenvalue weighted by Gasteiger charge is 2.24. The molecule has 4 nitrogen and oxygen atoms in total. The van der Waals surface area contributed by atoms with Gasteiger partial charge in [0.25, 0.3) is 0 Å². The SMILES string of the molecule is CC1Nc2ccncc2NC(=O)C1C. The maximum atomic E-state index is 11.6. The highest BCUT2D eigenvalue weighted by atomic mass is 16.1. The standard InChI is InChI=1S/C10H13N3O/c1-6-7(2)12-8-3-4-11-5-9(8)13-10(6)14/h3-7,12H,1-2H3,(H,13,14). The third-order valence-corrected chi connectivity index (χ3v) is 2.63. The minimum Gasteiger partial charge on any atom is -0.380 e. The molecule has 0 aromatic carbocycles. The number of carbonyl (C=O) groups excluding carboxylic acids is 1. The molecule has 0 aliphatic carbocycles. The molecular formula is C10H13N3O. The average Bonchev–Trinajstić information content (AvgIpc) is 2.28. The molecule has 2 N–H and O–H groups in total. The quantitative estimate of drug-likeness (QED) is 0.653. The van der Waals surface area contributed by atoms with Crippen molar-refractivity contribution < 1.29 is 4.79 Å². The van der Waals surface area contributed by atoms with Crippen molar-refractivity contribution in [3.8, 4) is 0 Å². The van der Waals surface area contributed by atoms with Gasteiger partial charge in [-0.25, -0.2) is 0 Å². The van der Waals surface area contributed by atoms with E-state index < -0.39 is 0 Å². The number of carbonyl (C=O) groups is 1. The first-order chi connectivity index (χ1) is 6.68. The van der Waals surface area contributed by atoms with Crippen LogP contribution in [0, 0.1) is 5.92 Å². The lowest BCUT2D eigenvalue weighted by Crippen LogP contribution is -2.30. The Kier molecular flexibility index (Phi) is 2.11. The summed E-state index contributed by atoms with van der Waals surface area (Å²) in [5, 5.41) is 6.12. The van der Waals surface area contributed by atoms with Gasteiger partial charge in [-0.15, -0.1) is 0 Å². The molecule has 2 rings (SSSR count). The van der Waals surface area contributed by atoms with E-state index in [1.165, 1.54) is 0 Å². The molecule has 1 aliphatic rings. The van der Waals surface area contributed by atoms with Crippen LogP contribution in [0.3, 0.4) is 0 Å². The number of aromatic nitrogens is 1. The fraction of sp³-hybridized carbons (Fsp3) is 0.400. The van der Waals surface area contributed by atoms with Gasteiger partial charge in [0.1, 0.15) is 0 Å². The Bertz CT molecular complexity index is 364. The van der Waals surface area contributed by atoms with Gasteiger partial charge in [0.15, 0.2) is 0 Å². The molecule has 2 heterocycles. The van der Waals surface area contributed by atoms with Crippen molar-refractivity contribution in [3.63, 3.8) is 0 Å². The van der Waals surface area contributed by atoms with Gasteiger partial charge in [0, 0.05) is 12.2 Å². The van der Waals surface area contributed by atoms with E-state index in [1.807, 2.05) is 19.9 Å². The van der Waals surface area contributed by atoms with E-state index in [2.05, 4.69) is 15.6 Å². The molecule has 1 amide bonds. The van der Waals surface area contributed by atoms with Crippen molar-refractivity contribution in [1.82, 2.24) is 4.98 Å². The maximum absolute atomic E-state index is 11.6. The summed E-state index contributed by atoms with van der Waals surface area (Å²) in [6.45, 7) is 3.91. The van der Waals surface area contributed by atoms with Crippen LogP contribution in [0.4, 0.5) is 11.4 Å². The molecule has 1 aromatic rings. The molecule has 14 heavy (non-hydrogen) atoms. The highest BCUT2D eigenvalue weighted by molar-refractivity contribution is 5.97. The number of anilines is 2. The molecule has 2 atom stereocenters. The lowest BCUT2D eigenvalue weighted by molar-refractivity contribution is -0.119. The number of amides is 1. The summed E-state index contributed by atoms with van der Waals surface area (Å²) >= 11 is 0. The van der Waals surface area contributed by atoms with E-state index in [0.29, 0.717) is 0 Å². The Morgan fingerprint density at radius 2 is 2.14 bits per heavy atom. The fourth-order valence-electron chi connectivity index (χ4n) is 1.46. The monoisotopic (exact) mass is 191 g/mol. The Balaban J connectivity index is 2.39. The molecule has 1 aromatic heterocycles. The largest absolute Gasteiger partial charge is 0.380 e. The smallest absolute Gasteiger partial charge is 0.229 e. The normalized spacial score (nSPS) is 25.7. The average molecular weight is 191 g/mol. The van der Waals surface area contributed by atoms with Crippen LogP contribution in [-0.4, -0.2) is 16.9 Å². The van der Waals surface area contributed by atoms with Crippen molar-refractivity contribution in [2.45, 2.75) is 19.9 Å². The minimum atomic E-state index is -0.0394. The van der Waals surface area contributed by atoms with Gasteiger partial charge < -0.3 is 10.6 Å². The first-order valence-electron chi connectivity index (χ1n) is 4.70. The summed E-state index contributed by atoms with van der Waals surface area (Å²) in [6.07, 6.45) is 3.37. The van der Waals surface area contributed by atoms with Crippen LogP contribution in [0.5, 0.6) is 0 Å². The molecule has 2 unspecified atom stereocenters. The first kappa shape index (κ1) is 8.99. The molecule has 0 radical (unpaired) electrons. The van der Waals surface area contributed by atoms with Gasteiger partial charge in [-0.1, -0.05) is 6.92 Å². The summed E-state index contributed by atoms with van der Waals surface area (Å²) in [5.41, 5.74) is 1.69. The lowest BCUT2D eigenvalue weighted by Gasteiger charge is -2.16. The summed E-state index contributed by atoms with van der Waals surface area (Å²) in [4.78, 5) is 15.6. The fourth-order valence-corrected chi connectivity index (χ4v) is 1.46. The maximum Gasteiger partial charge on any atom is 0.229 e. The number of fused-ring (bicyclic) bond motifs is 1. The van der Waals surface area contributed by atoms with Crippen LogP contribution >= 0.6 is 0 Å². The molecule has 0 bridgehead atoms.